The summed E-state index contributed by atoms with van der Waals surface area (Å²) in [4.78, 5) is 15.2. The van der Waals surface area contributed by atoms with Gasteiger partial charge in [0.05, 0.1) is 0 Å². The van der Waals surface area contributed by atoms with E-state index in [2.05, 4.69) is 17.2 Å². The third-order valence-electron chi connectivity index (χ3n) is 1.84. The van der Waals surface area contributed by atoms with Crippen LogP contribution in [-0.2, 0) is 9.53 Å². The number of nitrogens with zero attached hydrogens (tertiary/aromatic N) is 1. The van der Waals surface area contributed by atoms with Crippen LogP contribution in [0.4, 0.5) is 0 Å². The summed E-state index contributed by atoms with van der Waals surface area (Å²) in [5.74, 6) is -0.0550. The number of aliphatic imine (C=N–C) groups is 1. The predicted octanol–water partition coefficient (Wildman–Crippen LogP) is 1.36. The Bertz CT molecular complexity index is 400. The van der Waals surface area contributed by atoms with Crippen LogP contribution in [-0.4, -0.2) is 23.3 Å². The molecule has 1 heterocycles. The summed E-state index contributed by atoms with van der Waals surface area (Å²) in [6.45, 7) is 0. The molecule has 70 valence electrons. The minimum Gasteiger partial charge on any atom is -0.405 e. The quantitative estimate of drug-likeness (QED) is 0.540. The molecule has 0 fully saturated rings. The maximum atomic E-state index is 11.2. The standard InChI is InChI=1S/C10H7NO2S/c12-10-8(6-14)11-9(13-10)7-4-2-1-3-5-7/h1-6,8H. The third-order valence-corrected chi connectivity index (χ3v) is 2.10. The molecule has 1 unspecified atom stereocenters. The van der Waals surface area contributed by atoms with Crippen LogP contribution in [0, 0.1) is 0 Å². The molecule has 1 aromatic carbocycles. The van der Waals surface area contributed by atoms with E-state index in [1.54, 1.807) is 0 Å². The van der Waals surface area contributed by atoms with Crippen LogP contribution in [0.2, 0.25) is 0 Å². The number of ether oxygens (including phenoxy) is 1. The summed E-state index contributed by atoms with van der Waals surface area (Å²) < 4.78 is 4.96. The molecule has 0 bridgehead atoms. The van der Waals surface area contributed by atoms with Gasteiger partial charge in [-0.2, -0.15) is 0 Å². The van der Waals surface area contributed by atoms with Gasteiger partial charge in [0.1, 0.15) is 0 Å². The lowest BCUT2D eigenvalue weighted by molar-refractivity contribution is -0.133. The lowest BCUT2D eigenvalue weighted by Gasteiger charge is -1.97. The summed E-state index contributed by atoms with van der Waals surface area (Å²) in [5, 5.41) is 1.30. The number of carbonyl (C=O) groups is 1. The molecule has 14 heavy (non-hydrogen) atoms. The van der Waals surface area contributed by atoms with E-state index in [0.29, 0.717) is 5.90 Å². The van der Waals surface area contributed by atoms with E-state index in [9.17, 15) is 4.79 Å². The Balaban J connectivity index is 2.30. The molecular weight excluding hydrogens is 198 g/mol. The molecule has 1 aliphatic rings. The average Bonchev–Trinajstić information content (AvgIpc) is 2.61. The largest absolute Gasteiger partial charge is 0.405 e. The zero-order chi connectivity index (χ0) is 9.97. The minimum absolute atomic E-state index is 0.349. The van der Waals surface area contributed by atoms with Gasteiger partial charge in [0.25, 0.3) is 0 Å². The van der Waals surface area contributed by atoms with Gasteiger partial charge in [0.15, 0.2) is 6.04 Å². The highest BCUT2D eigenvalue weighted by Crippen LogP contribution is 2.11. The van der Waals surface area contributed by atoms with Gasteiger partial charge in [-0.15, -0.1) is 0 Å². The Labute approximate surface area is 86.4 Å². The van der Waals surface area contributed by atoms with Gasteiger partial charge in [-0.1, -0.05) is 30.4 Å². The lowest BCUT2D eigenvalue weighted by Crippen LogP contribution is -2.15. The van der Waals surface area contributed by atoms with Gasteiger partial charge in [-0.25, -0.2) is 9.79 Å². The first-order valence-corrected chi connectivity index (χ1v) is 4.58. The molecule has 0 spiro atoms. The molecule has 1 aromatic rings. The van der Waals surface area contributed by atoms with Crippen LogP contribution in [0.25, 0.3) is 0 Å². The number of carbonyl (C=O) groups excluding carboxylic acids is 1. The number of esters is 1. The first-order valence-electron chi connectivity index (χ1n) is 4.11. The maximum absolute atomic E-state index is 11.2. The van der Waals surface area contributed by atoms with Crippen LogP contribution in [0.3, 0.4) is 0 Å². The molecule has 2 rings (SSSR count). The molecule has 1 atom stereocenters. The molecular formula is C10H7NO2S. The van der Waals surface area contributed by atoms with E-state index < -0.39 is 12.0 Å². The first kappa shape index (κ1) is 9.02. The maximum Gasteiger partial charge on any atom is 0.342 e. The molecule has 0 amide bonds. The van der Waals surface area contributed by atoms with E-state index in [1.807, 2.05) is 30.3 Å². The van der Waals surface area contributed by atoms with Crippen LogP contribution in [0.15, 0.2) is 35.3 Å². The van der Waals surface area contributed by atoms with Gasteiger partial charge in [-0.05, 0) is 12.1 Å². The normalized spacial score (nSPS) is 20.1. The van der Waals surface area contributed by atoms with Gasteiger partial charge in [-0.3, -0.25) is 0 Å². The molecule has 0 saturated heterocycles. The second-order valence-electron chi connectivity index (χ2n) is 2.80. The van der Waals surface area contributed by atoms with Crippen LogP contribution in [0.1, 0.15) is 5.56 Å². The highest BCUT2D eigenvalue weighted by molar-refractivity contribution is 7.79. The van der Waals surface area contributed by atoms with E-state index in [0.717, 1.165) is 5.56 Å². The second-order valence-corrected chi connectivity index (χ2v) is 3.07. The van der Waals surface area contributed by atoms with Crippen molar-refractivity contribution in [3.8, 4) is 0 Å². The smallest absolute Gasteiger partial charge is 0.342 e. The highest BCUT2D eigenvalue weighted by atomic mass is 32.1. The van der Waals surface area contributed by atoms with Gasteiger partial charge < -0.3 is 4.74 Å². The van der Waals surface area contributed by atoms with Crippen molar-refractivity contribution in [1.29, 1.82) is 0 Å². The molecule has 0 aromatic heterocycles. The molecule has 0 N–H and O–H groups in total. The summed E-state index contributed by atoms with van der Waals surface area (Å²) in [6, 6.07) is 8.64. The lowest BCUT2D eigenvalue weighted by atomic mass is 10.2. The Kier molecular flexibility index (Phi) is 2.37. The van der Waals surface area contributed by atoms with Crippen molar-refractivity contribution >= 4 is 29.5 Å². The van der Waals surface area contributed by atoms with Gasteiger partial charge in [0, 0.05) is 10.9 Å². The van der Waals surface area contributed by atoms with Gasteiger partial charge >= 0.3 is 5.97 Å². The van der Waals surface area contributed by atoms with Crippen molar-refractivity contribution in [2.45, 2.75) is 6.04 Å². The topological polar surface area (TPSA) is 38.7 Å². The van der Waals surface area contributed by atoms with Gasteiger partial charge in [0.2, 0.25) is 5.90 Å². The third kappa shape index (κ3) is 1.56. The Morgan fingerprint density at radius 3 is 2.64 bits per heavy atom. The molecule has 0 aliphatic carbocycles. The summed E-state index contributed by atoms with van der Waals surface area (Å²) >= 11 is 4.66. The van der Waals surface area contributed by atoms with Crippen LogP contribution >= 0.6 is 12.2 Å². The van der Waals surface area contributed by atoms with Crippen molar-refractivity contribution < 1.29 is 9.53 Å². The molecule has 1 aliphatic heterocycles. The summed E-state index contributed by atoms with van der Waals surface area (Å²) in [7, 11) is 0. The number of rotatable bonds is 2. The zero-order valence-corrected chi connectivity index (χ0v) is 8.03. The molecule has 4 heteroatoms. The van der Waals surface area contributed by atoms with Crippen molar-refractivity contribution in [2.75, 3.05) is 0 Å². The number of benzene rings is 1. The van der Waals surface area contributed by atoms with E-state index in [4.69, 9.17) is 4.74 Å². The SMILES string of the molecule is O=C1OC(c2ccccc2)=NC1C=S. The number of hydrogen-bond acceptors (Lipinski definition) is 4. The molecule has 0 saturated carbocycles. The Hall–Kier alpha value is -1.55. The number of cyclic esters (lactones) is 1. The number of hydrogen-bond donors (Lipinski definition) is 0. The Morgan fingerprint density at radius 2 is 2.07 bits per heavy atom. The van der Waals surface area contributed by atoms with Crippen molar-refractivity contribution in [3.05, 3.63) is 35.9 Å². The minimum atomic E-state index is -0.625. The average molecular weight is 205 g/mol. The highest BCUT2D eigenvalue weighted by Gasteiger charge is 2.27. The van der Waals surface area contributed by atoms with Crippen molar-refractivity contribution in [1.82, 2.24) is 0 Å². The van der Waals surface area contributed by atoms with E-state index in [1.165, 1.54) is 5.37 Å². The fraction of sp³-hybridized carbons (Fsp3) is 0.100. The fourth-order valence-electron chi connectivity index (χ4n) is 1.16. The van der Waals surface area contributed by atoms with Crippen LogP contribution < -0.4 is 0 Å². The molecule has 0 radical (unpaired) electrons. The monoisotopic (exact) mass is 205 g/mol. The van der Waals surface area contributed by atoms with E-state index >= 15 is 0 Å². The zero-order valence-electron chi connectivity index (χ0n) is 7.21. The predicted molar refractivity (Wildman–Crippen MR) is 56.5 cm³/mol. The van der Waals surface area contributed by atoms with E-state index in [-0.39, 0.29) is 0 Å². The number of thiocarbonyl (C=S) groups is 1. The van der Waals surface area contributed by atoms with Crippen LogP contribution in [0.5, 0.6) is 0 Å². The fourth-order valence-corrected chi connectivity index (χ4v) is 1.33. The molecule has 3 nitrogen and oxygen atoms in total. The summed E-state index contributed by atoms with van der Waals surface area (Å²) in [5.41, 5.74) is 0.792. The summed E-state index contributed by atoms with van der Waals surface area (Å²) in [6.07, 6.45) is 0. The van der Waals surface area contributed by atoms with Crippen molar-refractivity contribution in [2.24, 2.45) is 4.99 Å². The first-order chi connectivity index (χ1) is 6.81. The Morgan fingerprint density at radius 1 is 1.36 bits per heavy atom. The second kappa shape index (κ2) is 3.67. The van der Waals surface area contributed by atoms with Crippen molar-refractivity contribution in [3.63, 3.8) is 0 Å².